The van der Waals surface area contributed by atoms with Crippen LogP contribution in [0.4, 0.5) is 10.5 Å². The summed E-state index contributed by atoms with van der Waals surface area (Å²) in [6, 6.07) is 17.9. The summed E-state index contributed by atoms with van der Waals surface area (Å²) in [7, 11) is 0. The maximum Gasteiger partial charge on any atom is 0.326 e. The monoisotopic (exact) mass is 333 g/mol. The SMILES string of the molecule is O=C(NC(=O)c1ccccc1)Nc1cccc(-c2ccccn2)c1O. The fraction of sp³-hybridized carbons (Fsp3) is 0. The quantitative estimate of drug-likeness (QED) is 0.641. The van der Waals surface area contributed by atoms with Crippen LogP contribution < -0.4 is 10.6 Å². The maximum atomic E-state index is 12.0. The number of para-hydroxylation sites is 1. The maximum absolute atomic E-state index is 12.0. The highest BCUT2D eigenvalue weighted by molar-refractivity contribution is 6.08. The number of carbonyl (C=O) groups excluding carboxylic acids is 2. The first-order chi connectivity index (χ1) is 12.1. The molecular formula is C19H15N3O3. The van der Waals surface area contributed by atoms with Gasteiger partial charge in [-0.3, -0.25) is 15.1 Å². The van der Waals surface area contributed by atoms with Crippen LogP contribution in [0.3, 0.4) is 0 Å². The molecule has 0 atom stereocenters. The van der Waals surface area contributed by atoms with Crippen LogP contribution in [-0.2, 0) is 0 Å². The number of hydrogen-bond donors (Lipinski definition) is 3. The molecule has 6 heteroatoms. The van der Waals surface area contributed by atoms with Crippen molar-refractivity contribution in [3.63, 3.8) is 0 Å². The Morgan fingerprint density at radius 3 is 2.36 bits per heavy atom. The zero-order chi connectivity index (χ0) is 17.6. The molecule has 0 saturated heterocycles. The summed E-state index contributed by atoms with van der Waals surface area (Å²) in [5.74, 6) is -0.651. The molecule has 0 radical (unpaired) electrons. The van der Waals surface area contributed by atoms with Crippen molar-refractivity contribution in [2.24, 2.45) is 0 Å². The molecule has 0 aliphatic heterocycles. The lowest BCUT2D eigenvalue weighted by Gasteiger charge is -2.11. The van der Waals surface area contributed by atoms with Crippen LogP contribution in [0.5, 0.6) is 5.75 Å². The Labute approximate surface area is 144 Å². The first kappa shape index (κ1) is 16.2. The molecule has 2 aromatic carbocycles. The van der Waals surface area contributed by atoms with Gasteiger partial charge in [-0.1, -0.05) is 30.3 Å². The fourth-order valence-corrected chi connectivity index (χ4v) is 2.29. The van der Waals surface area contributed by atoms with E-state index in [0.717, 1.165) is 0 Å². The molecule has 0 spiro atoms. The second-order valence-corrected chi connectivity index (χ2v) is 5.19. The number of phenolic OH excluding ortho intramolecular Hbond substituents is 1. The van der Waals surface area contributed by atoms with Crippen LogP contribution in [-0.4, -0.2) is 22.0 Å². The minimum atomic E-state index is -0.734. The zero-order valence-corrected chi connectivity index (χ0v) is 13.1. The van der Waals surface area contributed by atoms with Crippen LogP contribution in [0.1, 0.15) is 10.4 Å². The molecule has 25 heavy (non-hydrogen) atoms. The highest BCUT2D eigenvalue weighted by Crippen LogP contribution is 2.34. The summed E-state index contributed by atoms with van der Waals surface area (Å²) in [4.78, 5) is 28.2. The van der Waals surface area contributed by atoms with Crippen molar-refractivity contribution in [3.05, 3.63) is 78.5 Å². The molecule has 3 rings (SSSR count). The summed E-state index contributed by atoms with van der Waals surface area (Å²) < 4.78 is 0. The number of amides is 3. The molecule has 0 aliphatic rings. The molecule has 0 unspecified atom stereocenters. The van der Waals surface area contributed by atoms with E-state index >= 15 is 0 Å². The number of phenols is 1. The molecule has 0 bridgehead atoms. The van der Waals surface area contributed by atoms with Crippen molar-refractivity contribution in [1.29, 1.82) is 0 Å². The van der Waals surface area contributed by atoms with Gasteiger partial charge < -0.3 is 10.4 Å². The van der Waals surface area contributed by atoms with Gasteiger partial charge >= 0.3 is 6.03 Å². The van der Waals surface area contributed by atoms with Gasteiger partial charge in [-0.25, -0.2) is 4.79 Å². The molecule has 3 N–H and O–H groups in total. The highest BCUT2D eigenvalue weighted by Gasteiger charge is 2.14. The molecule has 0 fully saturated rings. The number of nitrogens with zero attached hydrogens (tertiary/aromatic N) is 1. The second-order valence-electron chi connectivity index (χ2n) is 5.19. The lowest BCUT2D eigenvalue weighted by atomic mass is 10.1. The lowest BCUT2D eigenvalue weighted by molar-refractivity contribution is 0.0967. The number of aromatic nitrogens is 1. The largest absolute Gasteiger partial charge is 0.505 e. The number of imide groups is 1. The van der Waals surface area contributed by atoms with Gasteiger partial charge in [0, 0.05) is 17.3 Å². The standard InChI is InChI=1S/C19H15N3O3/c23-17-14(15-10-4-5-12-20-15)9-6-11-16(17)21-19(25)22-18(24)13-7-2-1-3-8-13/h1-12,23H,(H2,21,22,24,25). The Bertz CT molecular complexity index is 896. The first-order valence-corrected chi connectivity index (χ1v) is 7.56. The van der Waals surface area contributed by atoms with E-state index in [-0.39, 0.29) is 11.4 Å². The molecule has 3 aromatic rings. The first-order valence-electron chi connectivity index (χ1n) is 7.56. The molecule has 6 nitrogen and oxygen atoms in total. The number of aromatic hydroxyl groups is 1. The highest BCUT2D eigenvalue weighted by atomic mass is 16.3. The average Bonchev–Trinajstić information content (AvgIpc) is 2.65. The minimum Gasteiger partial charge on any atom is -0.505 e. The van der Waals surface area contributed by atoms with E-state index in [1.54, 1.807) is 66.9 Å². The summed E-state index contributed by atoms with van der Waals surface area (Å²) in [5, 5.41) is 15.1. The Morgan fingerprint density at radius 1 is 0.880 bits per heavy atom. The number of urea groups is 1. The Kier molecular flexibility index (Phi) is 4.71. The van der Waals surface area contributed by atoms with E-state index in [4.69, 9.17) is 0 Å². The van der Waals surface area contributed by atoms with Crippen LogP contribution in [0.2, 0.25) is 0 Å². The smallest absolute Gasteiger partial charge is 0.326 e. The van der Waals surface area contributed by atoms with Gasteiger partial charge in [0.1, 0.15) is 5.75 Å². The van der Waals surface area contributed by atoms with E-state index in [1.807, 2.05) is 0 Å². The van der Waals surface area contributed by atoms with Crippen molar-refractivity contribution >= 4 is 17.6 Å². The number of nitrogens with one attached hydrogen (secondary N) is 2. The molecule has 0 saturated carbocycles. The van der Waals surface area contributed by atoms with E-state index < -0.39 is 11.9 Å². The van der Waals surface area contributed by atoms with Crippen molar-refractivity contribution in [3.8, 4) is 17.0 Å². The molecule has 1 heterocycles. The van der Waals surface area contributed by atoms with Gasteiger partial charge in [0.05, 0.1) is 11.4 Å². The number of benzene rings is 2. The number of hydrogen-bond acceptors (Lipinski definition) is 4. The summed E-state index contributed by atoms with van der Waals surface area (Å²) in [6.07, 6.45) is 1.61. The fourth-order valence-electron chi connectivity index (χ4n) is 2.29. The van der Waals surface area contributed by atoms with E-state index in [9.17, 15) is 14.7 Å². The van der Waals surface area contributed by atoms with E-state index in [2.05, 4.69) is 15.6 Å². The third-order valence-corrected chi connectivity index (χ3v) is 3.49. The predicted octanol–water partition coefficient (Wildman–Crippen LogP) is 3.42. The van der Waals surface area contributed by atoms with Crippen molar-refractivity contribution in [2.45, 2.75) is 0 Å². The van der Waals surface area contributed by atoms with Crippen LogP contribution in [0.25, 0.3) is 11.3 Å². The van der Waals surface area contributed by atoms with Crippen molar-refractivity contribution in [1.82, 2.24) is 10.3 Å². The summed E-state index contributed by atoms with van der Waals surface area (Å²) >= 11 is 0. The molecule has 3 amide bonds. The van der Waals surface area contributed by atoms with Crippen molar-refractivity contribution in [2.75, 3.05) is 5.32 Å². The molecule has 1 aromatic heterocycles. The van der Waals surface area contributed by atoms with Gasteiger partial charge in [-0.05, 0) is 36.4 Å². The van der Waals surface area contributed by atoms with Gasteiger partial charge in [0.2, 0.25) is 0 Å². The van der Waals surface area contributed by atoms with Crippen molar-refractivity contribution < 1.29 is 14.7 Å². The minimum absolute atomic E-state index is 0.122. The third kappa shape index (κ3) is 3.81. The lowest BCUT2D eigenvalue weighted by Crippen LogP contribution is -2.34. The number of rotatable bonds is 3. The second kappa shape index (κ2) is 7.27. The average molecular weight is 333 g/mol. The van der Waals surface area contributed by atoms with Crippen LogP contribution >= 0.6 is 0 Å². The van der Waals surface area contributed by atoms with Gasteiger partial charge in [-0.15, -0.1) is 0 Å². The molecular weight excluding hydrogens is 318 g/mol. The summed E-state index contributed by atoms with van der Waals surface area (Å²) in [5.41, 5.74) is 1.60. The molecule has 0 aliphatic carbocycles. The number of pyridine rings is 1. The topological polar surface area (TPSA) is 91.3 Å². The van der Waals surface area contributed by atoms with Gasteiger partial charge in [0.25, 0.3) is 5.91 Å². The Hall–Kier alpha value is -3.67. The Balaban J connectivity index is 1.75. The van der Waals surface area contributed by atoms with E-state index in [0.29, 0.717) is 16.8 Å². The summed E-state index contributed by atoms with van der Waals surface area (Å²) in [6.45, 7) is 0. The third-order valence-electron chi connectivity index (χ3n) is 3.49. The predicted molar refractivity (Wildman–Crippen MR) is 94.3 cm³/mol. The number of anilines is 1. The number of carbonyl (C=O) groups is 2. The van der Waals surface area contributed by atoms with Gasteiger partial charge in [-0.2, -0.15) is 0 Å². The Morgan fingerprint density at radius 2 is 1.64 bits per heavy atom. The van der Waals surface area contributed by atoms with E-state index in [1.165, 1.54) is 6.07 Å². The molecule has 124 valence electrons. The van der Waals surface area contributed by atoms with Crippen LogP contribution in [0, 0.1) is 0 Å². The van der Waals surface area contributed by atoms with Gasteiger partial charge in [0.15, 0.2) is 0 Å². The normalized spacial score (nSPS) is 10.1. The zero-order valence-electron chi connectivity index (χ0n) is 13.1. The van der Waals surface area contributed by atoms with Crippen LogP contribution in [0.15, 0.2) is 72.9 Å².